The zero-order valence-corrected chi connectivity index (χ0v) is 12.7. The third kappa shape index (κ3) is 3.82. The molecule has 1 N–H and O–H groups in total. The summed E-state index contributed by atoms with van der Waals surface area (Å²) in [6, 6.07) is 11.2. The lowest BCUT2D eigenvalue weighted by Crippen LogP contribution is -2.33. The van der Waals surface area contributed by atoms with E-state index in [0.717, 1.165) is 30.2 Å². The molecule has 1 fully saturated rings. The minimum absolute atomic E-state index is 0.751. The molecule has 19 heavy (non-hydrogen) atoms. The average molecular weight is 259 g/mol. The summed E-state index contributed by atoms with van der Waals surface area (Å²) in [5.41, 5.74) is 1.55. The molecule has 3 atom stereocenters. The Bertz CT molecular complexity index is 357. The van der Waals surface area contributed by atoms with Crippen LogP contribution in [0.1, 0.15) is 51.5 Å². The van der Waals surface area contributed by atoms with E-state index in [4.69, 9.17) is 0 Å². The molecule has 0 spiro atoms. The molecular formula is C18H29N. The monoisotopic (exact) mass is 259 g/mol. The first-order chi connectivity index (χ1) is 9.22. The van der Waals surface area contributed by atoms with Crippen molar-refractivity contribution in [2.24, 2.45) is 17.8 Å². The molecule has 1 aliphatic carbocycles. The van der Waals surface area contributed by atoms with E-state index in [2.05, 4.69) is 56.4 Å². The van der Waals surface area contributed by atoms with Crippen molar-refractivity contribution in [3.05, 3.63) is 35.9 Å². The topological polar surface area (TPSA) is 12.0 Å². The molecule has 1 heteroatoms. The maximum atomic E-state index is 3.56. The van der Waals surface area contributed by atoms with Crippen LogP contribution in [0.25, 0.3) is 0 Å². The quantitative estimate of drug-likeness (QED) is 0.823. The SMILES string of the molecule is CCNCC1CCC(C(C)C)CC1c1ccccc1. The fraction of sp³-hybridized carbons (Fsp3) is 0.667. The van der Waals surface area contributed by atoms with E-state index in [1.807, 2.05) is 0 Å². The first-order valence-corrected chi connectivity index (χ1v) is 7.98. The van der Waals surface area contributed by atoms with Crippen LogP contribution in [0.4, 0.5) is 0 Å². The number of hydrogen-bond donors (Lipinski definition) is 1. The van der Waals surface area contributed by atoms with E-state index in [0.29, 0.717) is 0 Å². The van der Waals surface area contributed by atoms with Crippen LogP contribution in [0.2, 0.25) is 0 Å². The summed E-state index contributed by atoms with van der Waals surface area (Å²) >= 11 is 0. The Labute approximate surface area is 118 Å². The Morgan fingerprint density at radius 3 is 2.53 bits per heavy atom. The van der Waals surface area contributed by atoms with Crippen molar-refractivity contribution in [1.29, 1.82) is 0 Å². The van der Waals surface area contributed by atoms with Gasteiger partial charge in [-0.15, -0.1) is 0 Å². The molecule has 1 nitrogen and oxygen atoms in total. The minimum atomic E-state index is 0.751. The third-order valence-corrected chi connectivity index (χ3v) is 4.86. The van der Waals surface area contributed by atoms with Crippen molar-refractivity contribution in [3.63, 3.8) is 0 Å². The fourth-order valence-corrected chi connectivity index (χ4v) is 3.55. The van der Waals surface area contributed by atoms with Crippen LogP contribution < -0.4 is 5.32 Å². The maximum Gasteiger partial charge on any atom is -0.00148 e. The largest absolute Gasteiger partial charge is 0.317 e. The molecule has 0 aliphatic heterocycles. The molecule has 0 heterocycles. The van der Waals surface area contributed by atoms with Gasteiger partial charge in [-0.2, -0.15) is 0 Å². The van der Waals surface area contributed by atoms with Crippen LogP contribution in [0.15, 0.2) is 30.3 Å². The van der Waals surface area contributed by atoms with Crippen LogP contribution in [-0.4, -0.2) is 13.1 Å². The average Bonchev–Trinajstić information content (AvgIpc) is 2.45. The predicted octanol–water partition coefficient (Wildman–Crippen LogP) is 4.45. The normalized spacial score (nSPS) is 27.7. The van der Waals surface area contributed by atoms with E-state index in [1.165, 1.54) is 25.8 Å². The molecule has 0 bridgehead atoms. The second-order valence-corrected chi connectivity index (χ2v) is 6.40. The van der Waals surface area contributed by atoms with Gasteiger partial charge in [0.25, 0.3) is 0 Å². The van der Waals surface area contributed by atoms with E-state index in [-0.39, 0.29) is 0 Å². The summed E-state index contributed by atoms with van der Waals surface area (Å²) in [4.78, 5) is 0. The zero-order chi connectivity index (χ0) is 13.7. The van der Waals surface area contributed by atoms with Crippen LogP contribution in [0.5, 0.6) is 0 Å². The lowest BCUT2D eigenvalue weighted by atomic mass is 9.68. The van der Waals surface area contributed by atoms with Gasteiger partial charge in [0.15, 0.2) is 0 Å². The van der Waals surface area contributed by atoms with Gasteiger partial charge in [0.05, 0.1) is 0 Å². The van der Waals surface area contributed by atoms with Gasteiger partial charge in [0.1, 0.15) is 0 Å². The Hall–Kier alpha value is -0.820. The van der Waals surface area contributed by atoms with Gasteiger partial charge < -0.3 is 5.32 Å². The summed E-state index contributed by atoms with van der Waals surface area (Å²) in [6.45, 7) is 9.25. The van der Waals surface area contributed by atoms with Gasteiger partial charge >= 0.3 is 0 Å². The molecule has 0 saturated heterocycles. The van der Waals surface area contributed by atoms with Gasteiger partial charge in [-0.1, -0.05) is 51.1 Å². The highest BCUT2D eigenvalue weighted by Crippen LogP contribution is 2.42. The van der Waals surface area contributed by atoms with E-state index < -0.39 is 0 Å². The van der Waals surface area contributed by atoms with Crippen molar-refractivity contribution in [2.75, 3.05) is 13.1 Å². The lowest BCUT2D eigenvalue weighted by Gasteiger charge is -2.38. The Morgan fingerprint density at radius 2 is 1.89 bits per heavy atom. The van der Waals surface area contributed by atoms with Gasteiger partial charge in [-0.05, 0) is 61.6 Å². The molecule has 1 saturated carbocycles. The standard InChI is InChI=1S/C18H29N/c1-4-19-13-17-11-10-16(14(2)3)12-18(17)15-8-6-5-7-9-15/h5-9,14,16-19H,4,10-13H2,1-3H3. The van der Waals surface area contributed by atoms with Crippen LogP contribution in [0, 0.1) is 17.8 Å². The highest BCUT2D eigenvalue weighted by molar-refractivity contribution is 5.21. The Balaban J connectivity index is 2.11. The number of nitrogens with one attached hydrogen (secondary N) is 1. The summed E-state index contributed by atoms with van der Waals surface area (Å²) in [5.74, 6) is 3.30. The third-order valence-electron chi connectivity index (χ3n) is 4.86. The first kappa shape index (κ1) is 14.6. The smallest absolute Gasteiger partial charge is 0.00148 e. The molecular weight excluding hydrogens is 230 g/mol. The number of benzene rings is 1. The molecule has 1 aromatic carbocycles. The van der Waals surface area contributed by atoms with Crippen LogP contribution >= 0.6 is 0 Å². The molecule has 0 radical (unpaired) electrons. The van der Waals surface area contributed by atoms with Gasteiger partial charge in [0.2, 0.25) is 0 Å². The zero-order valence-electron chi connectivity index (χ0n) is 12.7. The van der Waals surface area contributed by atoms with Crippen molar-refractivity contribution < 1.29 is 0 Å². The second kappa shape index (κ2) is 7.09. The first-order valence-electron chi connectivity index (χ1n) is 7.98. The molecule has 3 unspecified atom stereocenters. The van der Waals surface area contributed by atoms with Crippen molar-refractivity contribution in [2.45, 2.75) is 46.0 Å². The molecule has 106 valence electrons. The van der Waals surface area contributed by atoms with Crippen LogP contribution in [-0.2, 0) is 0 Å². The van der Waals surface area contributed by atoms with Crippen molar-refractivity contribution in [1.82, 2.24) is 5.32 Å². The molecule has 0 amide bonds. The number of hydrogen-bond acceptors (Lipinski definition) is 1. The Kier molecular flexibility index (Phi) is 5.45. The summed E-state index contributed by atoms with van der Waals surface area (Å²) in [5, 5.41) is 3.56. The van der Waals surface area contributed by atoms with Crippen molar-refractivity contribution >= 4 is 0 Å². The van der Waals surface area contributed by atoms with Crippen LogP contribution in [0.3, 0.4) is 0 Å². The highest BCUT2D eigenvalue weighted by Gasteiger charge is 2.32. The van der Waals surface area contributed by atoms with E-state index >= 15 is 0 Å². The molecule has 0 aromatic heterocycles. The van der Waals surface area contributed by atoms with Gasteiger partial charge in [-0.25, -0.2) is 0 Å². The predicted molar refractivity (Wildman–Crippen MR) is 83.4 cm³/mol. The number of rotatable bonds is 5. The Morgan fingerprint density at radius 1 is 1.16 bits per heavy atom. The summed E-state index contributed by atoms with van der Waals surface area (Å²) < 4.78 is 0. The lowest BCUT2D eigenvalue weighted by molar-refractivity contribution is 0.191. The van der Waals surface area contributed by atoms with Crippen molar-refractivity contribution in [3.8, 4) is 0 Å². The van der Waals surface area contributed by atoms with E-state index in [1.54, 1.807) is 5.56 Å². The highest BCUT2D eigenvalue weighted by atomic mass is 14.8. The molecule has 2 rings (SSSR count). The summed E-state index contributed by atoms with van der Waals surface area (Å²) in [7, 11) is 0. The van der Waals surface area contributed by atoms with Gasteiger partial charge in [0, 0.05) is 0 Å². The minimum Gasteiger partial charge on any atom is -0.317 e. The maximum absolute atomic E-state index is 3.56. The fourth-order valence-electron chi connectivity index (χ4n) is 3.55. The molecule has 1 aliphatic rings. The van der Waals surface area contributed by atoms with Gasteiger partial charge in [-0.3, -0.25) is 0 Å². The molecule has 1 aromatic rings. The second-order valence-electron chi connectivity index (χ2n) is 6.40. The van der Waals surface area contributed by atoms with E-state index in [9.17, 15) is 0 Å². The summed E-state index contributed by atoms with van der Waals surface area (Å²) in [6.07, 6.45) is 4.17.